The molecule has 2 N–H and O–H groups in total. The number of nitro groups is 1. The van der Waals surface area contributed by atoms with Gasteiger partial charge in [-0.25, -0.2) is 0 Å². The minimum Gasteiger partial charge on any atom is -0.496 e. The van der Waals surface area contributed by atoms with Gasteiger partial charge in [0.25, 0.3) is 11.6 Å². The maximum atomic E-state index is 12.4. The van der Waals surface area contributed by atoms with E-state index in [9.17, 15) is 14.9 Å². The van der Waals surface area contributed by atoms with Crippen LogP contribution in [0.1, 0.15) is 16.8 Å². The highest BCUT2D eigenvalue weighted by Gasteiger charge is 2.28. The second-order valence-electron chi connectivity index (χ2n) is 4.78. The Bertz CT molecular complexity index is 532. The van der Waals surface area contributed by atoms with Gasteiger partial charge in [-0.2, -0.15) is 0 Å². The second-order valence-corrected chi connectivity index (χ2v) is 4.78. The van der Waals surface area contributed by atoms with Crippen LogP contribution >= 0.6 is 0 Å². The Morgan fingerprint density at radius 3 is 2.90 bits per heavy atom. The number of nitrogens with two attached hydrogens (primary N) is 1. The van der Waals surface area contributed by atoms with Gasteiger partial charge in [0.1, 0.15) is 5.75 Å². The van der Waals surface area contributed by atoms with E-state index in [0.29, 0.717) is 31.3 Å². The molecule has 1 unspecified atom stereocenters. The third-order valence-electron chi connectivity index (χ3n) is 3.53. The van der Waals surface area contributed by atoms with Gasteiger partial charge in [0.15, 0.2) is 0 Å². The minimum absolute atomic E-state index is 0.122. The van der Waals surface area contributed by atoms with Crippen molar-refractivity contribution in [3.8, 4) is 5.75 Å². The molecule has 1 atom stereocenters. The third kappa shape index (κ3) is 2.72. The van der Waals surface area contributed by atoms with Crippen LogP contribution in [0, 0.1) is 16.0 Å². The number of amides is 1. The van der Waals surface area contributed by atoms with Crippen molar-refractivity contribution in [3.05, 3.63) is 33.9 Å². The van der Waals surface area contributed by atoms with E-state index in [1.165, 1.54) is 25.3 Å². The zero-order valence-corrected chi connectivity index (χ0v) is 11.2. The normalized spacial score (nSPS) is 18.1. The highest BCUT2D eigenvalue weighted by molar-refractivity contribution is 5.97. The summed E-state index contributed by atoms with van der Waals surface area (Å²) >= 11 is 0. The van der Waals surface area contributed by atoms with Gasteiger partial charge in [0, 0.05) is 25.2 Å². The fourth-order valence-corrected chi connectivity index (χ4v) is 2.36. The lowest BCUT2D eigenvalue weighted by atomic mass is 10.1. The topological polar surface area (TPSA) is 98.7 Å². The van der Waals surface area contributed by atoms with Crippen LogP contribution in [0.5, 0.6) is 5.75 Å². The predicted molar refractivity (Wildman–Crippen MR) is 72.7 cm³/mol. The van der Waals surface area contributed by atoms with E-state index in [4.69, 9.17) is 10.5 Å². The van der Waals surface area contributed by atoms with E-state index >= 15 is 0 Å². The van der Waals surface area contributed by atoms with E-state index in [1.807, 2.05) is 0 Å². The molecule has 0 aliphatic carbocycles. The van der Waals surface area contributed by atoms with Crippen LogP contribution < -0.4 is 10.5 Å². The molecule has 0 radical (unpaired) electrons. The third-order valence-corrected chi connectivity index (χ3v) is 3.53. The molecule has 1 saturated heterocycles. The van der Waals surface area contributed by atoms with Crippen molar-refractivity contribution in [2.45, 2.75) is 6.42 Å². The lowest BCUT2D eigenvalue weighted by Crippen LogP contribution is -2.30. The number of methoxy groups -OCH3 is 1. The molecule has 1 heterocycles. The summed E-state index contributed by atoms with van der Waals surface area (Å²) in [5.74, 6) is 0.391. The quantitative estimate of drug-likeness (QED) is 0.655. The van der Waals surface area contributed by atoms with Crippen LogP contribution in [0.3, 0.4) is 0 Å². The standard InChI is InChI=1S/C13H17N3O4/c1-20-12-3-2-10(16(18)19)6-11(12)13(17)15-5-4-9(7-14)8-15/h2-3,6,9H,4-5,7-8,14H2,1H3. The van der Waals surface area contributed by atoms with Crippen LogP contribution in [-0.4, -0.2) is 42.5 Å². The number of hydrogen-bond donors (Lipinski definition) is 1. The molecule has 1 fully saturated rings. The summed E-state index contributed by atoms with van der Waals surface area (Å²) in [4.78, 5) is 24.4. The molecule has 0 saturated carbocycles. The Labute approximate surface area is 116 Å². The van der Waals surface area contributed by atoms with Crippen LogP contribution in [0.15, 0.2) is 18.2 Å². The molecular formula is C13H17N3O4. The summed E-state index contributed by atoms with van der Waals surface area (Å²) in [5.41, 5.74) is 5.70. The molecule has 1 aromatic carbocycles. The van der Waals surface area contributed by atoms with Gasteiger partial charge in [-0.15, -0.1) is 0 Å². The van der Waals surface area contributed by atoms with Crippen molar-refractivity contribution < 1.29 is 14.5 Å². The first kappa shape index (κ1) is 14.3. The van der Waals surface area contributed by atoms with Crippen molar-refractivity contribution in [1.29, 1.82) is 0 Å². The van der Waals surface area contributed by atoms with Gasteiger partial charge < -0.3 is 15.4 Å². The monoisotopic (exact) mass is 279 g/mol. The number of likely N-dealkylation sites (tertiary alicyclic amines) is 1. The summed E-state index contributed by atoms with van der Waals surface area (Å²) in [6.07, 6.45) is 0.861. The van der Waals surface area contributed by atoms with Gasteiger partial charge in [-0.3, -0.25) is 14.9 Å². The highest BCUT2D eigenvalue weighted by atomic mass is 16.6. The van der Waals surface area contributed by atoms with Gasteiger partial charge in [0.2, 0.25) is 0 Å². The van der Waals surface area contributed by atoms with E-state index in [0.717, 1.165) is 6.42 Å². The Morgan fingerprint density at radius 2 is 2.35 bits per heavy atom. The van der Waals surface area contributed by atoms with Crippen molar-refractivity contribution in [1.82, 2.24) is 4.90 Å². The van der Waals surface area contributed by atoms with Crippen molar-refractivity contribution in [2.24, 2.45) is 11.7 Å². The minimum atomic E-state index is -0.525. The SMILES string of the molecule is COc1ccc([N+](=O)[O-])cc1C(=O)N1CCC(CN)C1. The molecular weight excluding hydrogens is 262 g/mol. The van der Waals surface area contributed by atoms with E-state index < -0.39 is 4.92 Å². The number of carbonyl (C=O) groups is 1. The predicted octanol–water partition coefficient (Wildman–Crippen LogP) is 1.02. The molecule has 1 aliphatic rings. The second kappa shape index (κ2) is 5.87. The van der Waals surface area contributed by atoms with Crippen LogP contribution in [0.4, 0.5) is 5.69 Å². The summed E-state index contributed by atoms with van der Waals surface area (Å²) < 4.78 is 5.12. The number of benzene rings is 1. The van der Waals surface area contributed by atoms with E-state index in [-0.39, 0.29) is 17.2 Å². The number of hydrogen-bond acceptors (Lipinski definition) is 5. The van der Waals surface area contributed by atoms with Gasteiger partial charge in [0.05, 0.1) is 17.6 Å². The van der Waals surface area contributed by atoms with Gasteiger partial charge in [-0.05, 0) is 24.9 Å². The van der Waals surface area contributed by atoms with Gasteiger partial charge >= 0.3 is 0 Å². The first-order valence-electron chi connectivity index (χ1n) is 6.38. The lowest BCUT2D eigenvalue weighted by Gasteiger charge is -2.17. The van der Waals surface area contributed by atoms with Crippen LogP contribution in [-0.2, 0) is 0 Å². The summed E-state index contributed by atoms with van der Waals surface area (Å²) in [6.45, 7) is 1.74. The molecule has 20 heavy (non-hydrogen) atoms. The molecule has 7 nitrogen and oxygen atoms in total. The molecule has 0 bridgehead atoms. The molecule has 0 spiro atoms. The molecule has 0 aromatic heterocycles. The summed E-state index contributed by atoms with van der Waals surface area (Å²) in [6, 6.07) is 4.03. The molecule has 7 heteroatoms. The van der Waals surface area contributed by atoms with E-state index in [1.54, 1.807) is 4.90 Å². The van der Waals surface area contributed by atoms with E-state index in [2.05, 4.69) is 0 Å². The van der Waals surface area contributed by atoms with Crippen molar-refractivity contribution in [2.75, 3.05) is 26.7 Å². The number of nitro benzene ring substituents is 1. The number of rotatable bonds is 4. The number of nitrogens with zero attached hydrogens (tertiary/aromatic N) is 2. The smallest absolute Gasteiger partial charge is 0.270 e. The first-order chi connectivity index (χ1) is 9.56. The zero-order chi connectivity index (χ0) is 14.7. The number of carbonyl (C=O) groups excluding carboxylic acids is 1. The molecule has 108 valence electrons. The van der Waals surface area contributed by atoms with Crippen molar-refractivity contribution >= 4 is 11.6 Å². The first-order valence-corrected chi connectivity index (χ1v) is 6.38. The molecule has 2 rings (SSSR count). The Kier molecular flexibility index (Phi) is 4.19. The average Bonchev–Trinajstić information content (AvgIpc) is 2.94. The van der Waals surface area contributed by atoms with Gasteiger partial charge in [-0.1, -0.05) is 0 Å². The Balaban J connectivity index is 2.28. The zero-order valence-electron chi connectivity index (χ0n) is 11.2. The molecule has 1 amide bonds. The van der Waals surface area contributed by atoms with Crippen LogP contribution in [0.2, 0.25) is 0 Å². The Morgan fingerprint density at radius 1 is 1.60 bits per heavy atom. The molecule has 1 aliphatic heterocycles. The van der Waals surface area contributed by atoms with Crippen molar-refractivity contribution in [3.63, 3.8) is 0 Å². The highest BCUT2D eigenvalue weighted by Crippen LogP contribution is 2.27. The maximum Gasteiger partial charge on any atom is 0.270 e. The summed E-state index contributed by atoms with van der Waals surface area (Å²) in [7, 11) is 1.44. The average molecular weight is 279 g/mol. The number of non-ortho nitro benzene ring substituents is 1. The maximum absolute atomic E-state index is 12.4. The number of ether oxygens (including phenoxy) is 1. The lowest BCUT2D eigenvalue weighted by molar-refractivity contribution is -0.384. The fourth-order valence-electron chi connectivity index (χ4n) is 2.36. The largest absolute Gasteiger partial charge is 0.496 e. The molecule has 1 aromatic rings. The van der Waals surface area contributed by atoms with Crippen LogP contribution in [0.25, 0.3) is 0 Å². The Hall–Kier alpha value is -2.15. The fraction of sp³-hybridized carbons (Fsp3) is 0.462. The summed E-state index contributed by atoms with van der Waals surface area (Å²) in [5, 5.41) is 10.8.